The van der Waals surface area contributed by atoms with E-state index in [0.717, 1.165) is 17.7 Å². The highest BCUT2D eigenvalue weighted by Crippen LogP contribution is 2.30. The molecule has 0 saturated carbocycles. The van der Waals surface area contributed by atoms with Crippen LogP contribution in [0.4, 0.5) is 23.7 Å². The lowest BCUT2D eigenvalue weighted by Crippen LogP contribution is -2.36. The van der Waals surface area contributed by atoms with Gasteiger partial charge in [0, 0.05) is 18.7 Å². The molecule has 2 aromatic carbocycles. The van der Waals surface area contributed by atoms with Gasteiger partial charge in [-0.2, -0.15) is 13.2 Å². The van der Waals surface area contributed by atoms with Gasteiger partial charge in [-0.1, -0.05) is 36.4 Å². The topological polar surface area (TPSA) is 61.4 Å². The second-order valence-electron chi connectivity index (χ2n) is 5.26. The second-order valence-corrected chi connectivity index (χ2v) is 5.26. The molecule has 128 valence electrons. The molecule has 0 aliphatic rings. The van der Waals surface area contributed by atoms with Crippen molar-refractivity contribution in [3.8, 4) is 0 Å². The first-order chi connectivity index (χ1) is 11.3. The lowest BCUT2D eigenvalue weighted by Gasteiger charge is -2.13. The largest absolute Gasteiger partial charge is 0.416 e. The summed E-state index contributed by atoms with van der Waals surface area (Å²) >= 11 is 0. The quantitative estimate of drug-likeness (QED) is 0.782. The highest BCUT2D eigenvalue weighted by atomic mass is 19.4. The van der Waals surface area contributed by atoms with Crippen LogP contribution in [0.25, 0.3) is 0 Å². The number of hydrogen-bond donors (Lipinski definition) is 3. The van der Waals surface area contributed by atoms with Crippen LogP contribution >= 0.6 is 0 Å². The van der Waals surface area contributed by atoms with Gasteiger partial charge >= 0.3 is 12.2 Å². The van der Waals surface area contributed by atoms with Crippen LogP contribution in [0.15, 0.2) is 54.6 Å². The molecule has 0 bridgehead atoms. The van der Waals surface area contributed by atoms with E-state index >= 15 is 0 Å². The van der Waals surface area contributed by atoms with Gasteiger partial charge in [0.2, 0.25) is 0 Å². The van der Waals surface area contributed by atoms with Gasteiger partial charge in [-0.05, 0) is 23.8 Å². The highest BCUT2D eigenvalue weighted by molar-refractivity contribution is 5.89. The van der Waals surface area contributed by atoms with Gasteiger partial charge in [-0.3, -0.25) is 0 Å². The third-order valence-electron chi connectivity index (χ3n) is 3.26. The minimum Gasteiger partial charge on any atom is -0.391 e. The van der Waals surface area contributed by atoms with E-state index in [1.165, 1.54) is 12.1 Å². The number of carbonyl (C=O) groups is 1. The minimum absolute atomic E-state index is 0.0142. The van der Waals surface area contributed by atoms with Gasteiger partial charge in [0.15, 0.2) is 0 Å². The molecule has 0 spiro atoms. The van der Waals surface area contributed by atoms with E-state index in [0.29, 0.717) is 6.42 Å². The van der Waals surface area contributed by atoms with Crippen LogP contribution < -0.4 is 10.6 Å². The number of halogens is 3. The molecule has 2 aromatic rings. The smallest absolute Gasteiger partial charge is 0.391 e. The summed E-state index contributed by atoms with van der Waals surface area (Å²) in [7, 11) is 0. The summed E-state index contributed by atoms with van der Waals surface area (Å²) in [5.74, 6) is 0. The first-order valence-electron chi connectivity index (χ1n) is 7.28. The third kappa shape index (κ3) is 5.58. The molecule has 1 unspecified atom stereocenters. The summed E-state index contributed by atoms with van der Waals surface area (Å²) in [5, 5.41) is 14.6. The zero-order chi connectivity index (χ0) is 17.6. The monoisotopic (exact) mass is 338 g/mol. The highest BCUT2D eigenvalue weighted by Gasteiger charge is 2.30. The van der Waals surface area contributed by atoms with E-state index in [2.05, 4.69) is 10.6 Å². The van der Waals surface area contributed by atoms with Crippen LogP contribution in [0.3, 0.4) is 0 Å². The number of anilines is 1. The number of hydrogen-bond acceptors (Lipinski definition) is 2. The maximum atomic E-state index is 12.6. The molecule has 0 aromatic heterocycles. The van der Waals surface area contributed by atoms with Gasteiger partial charge in [-0.15, -0.1) is 0 Å². The van der Waals surface area contributed by atoms with Crippen molar-refractivity contribution >= 4 is 11.7 Å². The number of alkyl halides is 3. The molecule has 0 aliphatic heterocycles. The molecule has 0 aliphatic carbocycles. The molecular weight excluding hydrogens is 321 g/mol. The third-order valence-corrected chi connectivity index (χ3v) is 3.26. The molecule has 3 N–H and O–H groups in total. The van der Waals surface area contributed by atoms with E-state index in [4.69, 9.17) is 0 Å². The first-order valence-corrected chi connectivity index (χ1v) is 7.28. The SMILES string of the molecule is O=C(NCC(O)Cc1ccccc1)Nc1cccc(C(F)(F)F)c1. The summed E-state index contributed by atoms with van der Waals surface area (Å²) in [6, 6.07) is 12.9. The molecule has 1 atom stereocenters. The maximum absolute atomic E-state index is 12.6. The van der Waals surface area contributed by atoms with Crippen LogP contribution in [0.1, 0.15) is 11.1 Å². The molecule has 4 nitrogen and oxygen atoms in total. The predicted molar refractivity (Wildman–Crippen MR) is 84.6 cm³/mol. The Kier molecular flexibility index (Phi) is 5.81. The van der Waals surface area contributed by atoms with Crippen molar-refractivity contribution in [1.82, 2.24) is 5.32 Å². The van der Waals surface area contributed by atoms with Crippen molar-refractivity contribution in [2.75, 3.05) is 11.9 Å². The van der Waals surface area contributed by atoms with Gasteiger partial charge in [0.1, 0.15) is 0 Å². The Balaban J connectivity index is 1.83. The Hall–Kier alpha value is -2.54. The summed E-state index contributed by atoms with van der Waals surface area (Å²) in [6.07, 6.45) is -4.90. The number of carbonyl (C=O) groups excluding carboxylic acids is 1. The normalized spacial score (nSPS) is 12.5. The number of nitrogens with one attached hydrogen (secondary N) is 2. The van der Waals surface area contributed by atoms with Crippen molar-refractivity contribution < 1.29 is 23.1 Å². The fourth-order valence-electron chi connectivity index (χ4n) is 2.12. The van der Waals surface area contributed by atoms with Crippen LogP contribution in [0, 0.1) is 0 Å². The molecule has 24 heavy (non-hydrogen) atoms. The van der Waals surface area contributed by atoms with Crippen molar-refractivity contribution in [3.63, 3.8) is 0 Å². The Morgan fingerprint density at radius 2 is 1.79 bits per heavy atom. The van der Waals surface area contributed by atoms with E-state index in [9.17, 15) is 23.1 Å². The standard InChI is InChI=1S/C17H17F3N2O2/c18-17(19,20)13-7-4-8-14(10-13)22-16(24)21-11-15(23)9-12-5-2-1-3-6-12/h1-8,10,15,23H,9,11H2,(H2,21,22,24). The van der Waals surface area contributed by atoms with E-state index in [1.807, 2.05) is 30.3 Å². The van der Waals surface area contributed by atoms with Gasteiger partial charge in [-0.25, -0.2) is 4.79 Å². The van der Waals surface area contributed by atoms with Crippen molar-refractivity contribution in [3.05, 3.63) is 65.7 Å². The zero-order valence-corrected chi connectivity index (χ0v) is 12.7. The molecule has 0 fully saturated rings. The van der Waals surface area contributed by atoms with Crippen LogP contribution in [-0.4, -0.2) is 23.8 Å². The minimum atomic E-state index is -4.47. The molecule has 0 heterocycles. The number of aliphatic hydroxyl groups excluding tert-OH is 1. The van der Waals surface area contributed by atoms with Crippen molar-refractivity contribution in [2.24, 2.45) is 0 Å². The van der Waals surface area contributed by atoms with Gasteiger partial charge in [0.05, 0.1) is 11.7 Å². The van der Waals surface area contributed by atoms with Gasteiger partial charge < -0.3 is 15.7 Å². The Morgan fingerprint density at radius 1 is 1.08 bits per heavy atom. The van der Waals surface area contributed by atoms with Crippen LogP contribution in [0.2, 0.25) is 0 Å². The number of urea groups is 1. The number of rotatable bonds is 5. The van der Waals surface area contributed by atoms with Crippen LogP contribution in [-0.2, 0) is 12.6 Å². The Bertz CT molecular complexity index is 675. The zero-order valence-electron chi connectivity index (χ0n) is 12.7. The number of benzene rings is 2. The Morgan fingerprint density at radius 3 is 2.46 bits per heavy atom. The predicted octanol–water partition coefficient (Wildman–Crippen LogP) is 3.43. The van der Waals surface area contributed by atoms with Gasteiger partial charge in [0.25, 0.3) is 0 Å². The van der Waals surface area contributed by atoms with E-state index in [-0.39, 0.29) is 12.2 Å². The van der Waals surface area contributed by atoms with Crippen LogP contribution in [0.5, 0.6) is 0 Å². The summed E-state index contributed by atoms with van der Waals surface area (Å²) < 4.78 is 37.8. The Labute approximate surface area is 137 Å². The molecule has 2 rings (SSSR count). The molecule has 2 amide bonds. The molecule has 7 heteroatoms. The maximum Gasteiger partial charge on any atom is 0.416 e. The lowest BCUT2D eigenvalue weighted by molar-refractivity contribution is -0.137. The summed E-state index contributed by atoms with van der Waals surface area (Å²) in [6.45, 7) is -0.0142. The van der Waals surface area contributed by atoms with Crippen molar-refractivity contribution in [2.45, 2.75) is 18.7 Å². The fourth-order valence-corrected chi connectivity index (χ4v) is 2.12. The molecule has 0 radical (unpaired) electrons. The lowest BCUT2D eigenvalue weighted by atomic mass is 10.1. The summed E-state index contributed by atoms with van der Waals surface area (Å²) in [4.78, 5) is 11.7. The average Bonchev–Trinajstić information content (AvgIpc) is 2.53. The van der Waals surface area contributed by atoms with E-state index in [1.54, 1.807) is 0 Å². The number of amides is 2. The fraction of sp³-hybridized carbons (Fsp3) is 0.235. The second kappa shape index (κ2) is 7.83. The average molecular weight is 338 g/mol. The van der Waals surface area contributed by atoms with Crippen molar-refractivity contribution in [1.29, 1.82) is 0 Å². The number of aliphatic hydroxyl groups is 1. The van der Waals surface area contributed by atoms with E-state index < -0.39 is 23.9 Å². The summed E-state index contributed by atoms with van der Waals surface area (Å²) in [5.41, 5.74) is 0.106. The first kappa shape index (κ1) is 17.8. The molecular formula is C17H17F3N2O2. The molecule has 0 saturated heterocycles.